The first-order valence-corrected chi connectivity index (χ1v) is 10.5. The summed E-state index contributed by atoms with van der Waals surface area (Å²) >= 11 is 0. The van der Waals surface area contributed by atoms with Crippen LogP contribution in [0.4, 0.5) is 5.82 Å². The second kappa shape index (κ2) is 8.78. The van der Waals surface area contributed by atoms with Crippen molar-refractivity contribution >= 4 is 11.7 Å². The summed E-state index contributed by atoms with van der Waals surface area (Å²) in [6.07, 6.45) is 8.77. The third-order valence-corrected chi connectivity index (χ3v) is 5.89. The van der Waals surface area contributed by atoms with Crippen LogP contribution in [0.3, 0.4) is 0 Å². The van der Waals surface area contributed by atoms with Gasteiger partial charge in [0.1, 0.15) is 11.6 Å². The lowest BCUT2D eigenvalue weighted by atomic mass is 10.0. The third kappa shape index (κ3) is 4.22. The SMILES string of the molecule is CCOc1ccc(C2CCCN2CC(=O)Nc2ccnn2C2CCCC2)cc1. The molecule has 2 heterocycles. The van der Waals surface area contributed by atoms with Gasteiger partial charge in [-0.05, 0) is 56.8 Å². The maximum absolute atomic E-state index is 12.7. The van der Waals surface area contributed by atoms with E-state index < -0.39 is 0 Å². The van der Waals surface area contributed by atoms with Crippen LogP contribution >= 0.6 is 0 Å². The van der Waals surface area contributed by atoms with Crippen LogP contribution in [0, 0.1) is 0 Å². The molecule has 150 valence electrons. The predicted molar refractivity (Wildman–Crippen MR) is 110 cm³/mol. The molecule has 1 atom stereocenters. The molecule has 6 heteroatoms. The largest absolute Gasteiger partial charge is 0.494 e. The monoisotopic (exact) mass is 382 g/mol. The number of carbonyl (C=O) groups is 1. The van der Waals surface area contributed by atoms with E-state index in [-0.39, 0.29) is 5.91 Å². The van der Waals surface area contributed by atoms with Gasteiger partial charge in [-0.2, -0.15) is 5.10 Å². The van der Waals surface area contributed by atoms with Crippen LogP contribution in [0.2, 0.25) is 0 Å². The van der Waals surface area contributed by atoms with Crippen LogP contribution in [0.15, 0.2) is 36.5 Å². The molecule has 0 radical (unpaired) electrons. The van der Waals surface area contributed by atoms with Gasteiger partial charge in [-0.15, -0.1) is 0 Å². The molecule has 1 aromatic carbocycles. The van der Waals surface area contributed by atoms with Gasteiger partial charge in [0.05, 0.1) is 25.4 Å². The molecule has 1 saturated heterocycles. The molecule has 2 fully saturated rings. The van der Waals surface area contributed by atoms with E-state index in [1.54, 1.807) is 6.20 Å². The van der Waals surface area contributed by atoms with E-state index in [9.17, 15) is 4.79 Å². The molecule has 0 bridgehead atoms. The topological polar surface area (TPSA) is 59.4 Å². The number of rotatable bonds is 7. The van der Waals surface area contributed by atoms with Gasteiger partial charge in [-0.3, -0.25) is 9.69 Å². The Morgan fingerprint density at radius 1 is 1.14 bits per heavy atom. The fourth-order valence-corrected chi connectivity index (χ4v) is 4.57. The summed E-state index contributed by atoms with van der Waals surface area (Å²) in [7, 11) is 0. The van der Waals surface area contributed by atoms with Crippen LogP contribution in [0.1, 0.15) is 63.1 Å². The number of aromatic nitrogens is 2. The minimum Gasteiger partial charge on any atom is -0.494 e. The summed E-state index contributed by atoms with van der Waals surface area (Å²) in [5.74, 6) is 1.76. The van der Waals surface area contributed by atoms with Crippen molar-refractivity contribution in [1.29, 1.82) is 0 Å². The highest BCUT2D eigenvalue weighted by atomic mass is 16.5. The van der Waals surface area contributed by atoms with Crippen LogP contribution in [-0.2, 0) is 4.79 Å². The first-order chi connectivity index (χ1) is 13.7. The highest BCUT2D eigenvalue weighted by molar-refractivity contribution is 5.91. The molecule has 2 aliphatic rings. The molecule has 1 N–H and O–H groups in total. The second-order valence-electron chi connectivity index (χ2n) is 7.78. The summed E-state index contributed by atoms with van der Waals surface area (Å²) < 4.78 is 7.54. The molecule has 1 aliphatic carbocycles. The molecular formula is C22H30N4O2. The lowest BCUT2D eigenvalue weighted by Crippen LogP contribution is -2.33. The highest BCUT2D eigenvalue weighted by Gasteiger charge is 2.28. The van der Waals surface area contributed by atoms with E-state index in [1.807, 2.05) is 29.8 Å². The van der Waals surface area contributed by atoms with Crippen molar-refractivity contribution in [3.8, 4) is 5.75 Å². The standard InChI is InChI=1S/C22H30N4O2/c1-2-28-19-11-9-17(10-12-19)20-8-5-15-25(20)16-22(27)24-21-13-14-23-26(21)18-6-3-4-7-18/h9-14,18,20H,2-8,15-16H2,1H3,(H,24,27). The van der Waals surface area contributed by atoms with E-state index >= 15 is 0 Å². The van der Waals surface area contributed by atoms with E-state index in [2.05, 4.69) is 27.4 Å². The Hall–Kier alpha value is -2.34. The van der Waals surface area contributed by atoms with Gasteiger partial charge in [0, 0.05) is 12.1 Å². The first kappa shape index (κ1) is 19.0. The summed E-state index contributed by atoms with van der Waals surface area (Å²) in [4.78, 5) is 15.0. The van der Waals surface area contributed by atoms with E-state index in [1.165, 1.54) is 18.4 Å². The van der Waals surface area contributed by atoms with Crippen LogP contribution < -0.4 is 10.1 Å². The Balaban J connectivity index is 1.38. The van der Waals surface area contributed by atoms with E-state index in [0.29, 0.717) is 25.2 Å². The van der Waals surface area contributed by atoms with Crippen molar-refractivity contribution in [3.63, 3.8) is 0 Å². The number of amides is 1. The Morgan fingerprint density at radius 2 is 1.93 bits per heavy atom. The Kier molecular flexibility index (Phi) is 5.95. The third-order valence-electron chi connectivity index (χ3n) is 5.89. The number of carbonyl (C=O) groups excluding carboxylic acids is 1. The van der Waals surface area contributed by atoms with Gasteiger partial charge in [0.25, 0.3) is 0 Å². The zero-order valence-electron chi connectivity index (χ0n) is 16.6. The predicted octanol–water partition coefficient (Wildman–Crippen LogP) is 4.17. The van der Waals surface area contributed by atoms with Crippen LogP contribution in [0.5, 0.6) is 5.75 Å². The zero-order valence-corrected chi connectivity index (χ0v) is 16.6. The van der Waals surface area contributed by atoms with Crippen molar-refractivity contribution in [2.75, 3.05) is 25.0 Å². The Labute approximate surface area is 166 Å². The van der Waals surface area contributed by atoms with E-state index in [0.717, 1.165) is 43.8 Å². The van der Waals surface area contributed by atoms with Crippen LogP contribution in [0.25, 0.3) is 0 Å². The molecule has 1 amide bonds. The number of likely N-dealkylation sites (tertiary alicyclic amines) is 1. The molecule has 6 nitrogen and oxygen atoms in total. The maximum Gasteiger partial charge on any atom is 0.239 e. The number of nitrogens with zero attached hydrogens (tertiary/aromatic N) is 3. The lowest BCUT2D eigenvalue weighted by molar-refractivity contribution is -0.117. The van der Waals surface area contributed by atoms with Crippen molar-refractivity contribution in [2.24, 2.45) is 0 Å². The quantitative estimate of drug-likeness (QED) is 0.781. The van der Waals surface area contributed by atoms with Gasteiger partial charge in [0.2, 0.25) is 5.91 Å². The smallest absolute Gasteiger partial charge is 0.239 e. The van der Waals surface area contributed by atoms with Gasteiger partial charge in [-0.1, -0.05) is 25.0 Å². The number of hydrogen-bond acceptors (Lipinski definition) is 4. The summed E-state index contributed by atoms with van der Waals surface area (Å²) in [6.45, 7) is 4.03. The molecule has 4 rings (SSSR count). The van der Waals surface area contributed by atoms with Crippen molar-refractivity contribution < 1.29 is 9.53 Å². The minimum absolute atomic E-state index is 0.0394. The molecule has 28 heavy (non-hydrogen) atoms. The normalized spacial score (nSPS) is 20.5. The molecule has 1 aromatic heterocycles. The molecule has 0 spiro atoms. The fraction of sp³-hybridized carbons (Fsp3) is 0.545. The van der Waals surface area contributed by atoms with Crippen molar-refractivity contribution in [1.82, 2.24) is 14.7 Å². The first-order valence-electron chi connectivity index (χ1n) is 10.5. The maximum atomic E-state index is 12.7. The van der Waals surface area contributed by atoms with Gasteiger partial charge in [-0.25, -0.2) is 4.68 Å². The van der Waals surface area contributed by atoms with Crippen LogP contribution in [-0.4, -0.2) is 40.3 Å². The zero-order chi connectivity index (χ0) is 19.3. The summed E-state index contributed by atoms with van der Waals surface area (Å²) in [5, 5.41) is 7.54. The van der Waals surface area contributed by atoms with Crippen molar-refractivity contribution in [2.45, 2.75) is 57.5 Å². The number of ether oxygens (including phenoxy) is 1. The number of benzene rings is 1. The number of nitrogens with one attached hydrogen (secondary N) is 1. The summed E-state index contributed by atoms with van der Waals surface area (Å²) in [6, 6.07) is 10.9. The van der Waals surface area contributed by atoms with E-state index in [4.69, 9.17) is 4.74 Å². The number of anilines is 1. The minimum atomic E-state index is 0.0394. The molecule has 1 aliphatic heterocycles. The average Bonchev–Trinajstić information content (AvgIpc) is 3.44. The van der Waals surface area contributed by atoms with Crippen molar-refractivity contribution in [3.05, 3.63) is 42.1 Å². The molecule has 1 unspecified atom stereocenters. The second-order valence-corrected chi connectivity index (χ2v) is 7.78. The fourth-order valence-electron chi connectivity index (χ4n) is 4.57. The molecule has 1 saturated carbocycles. The average molecular weight is 383 g/mol. The molecule has 2 aromatic rings. The van der Waals surface area contributed by atoms with Gasteiger partial charge >= 0.3 is 0 Å². The van der Waals surface area contributed by atoms with Gasteiger partial charge < -0.3 is 10.1 Å². The Bertz CT molecular complexity index is 780. The lowest BCUT2D eigenvalue weighted by Gasteiger charge is -2.24. The summed E-state index contributed by atoms with van der Waals surface area (Å²) in [5.41, 5.74) is 1.25. The Morgan fingerprint density at radius 3 is 2.68 bits per heavy atom. The number of hydrogen-bond donors (Lipinski definition) is 1. The molecular weight excluding hydrogens is 352 g/mol. The highest BCUT2D eigenvalue weighted by Crippen LogP contribution is 2.33. The van der Waals surface area contributed by atoms with Gasteiger partial charge in [0.15, 0.2) is 0 Å².